The maximum atomic E-state index is 13.8. The third-order valence-corrected chi connectivity index (χ3v) is 9.10. The van der Waals surface area contributed by atoms with E-state index >= 15 is 0 Å². The number of aliphatic imine (C=N–C) groups is 2. The molecular formula is C33H33BrFN5O4. The number of nitrogens with zero attached hydrogens (tertiary/aromatic N) is 5. The molecule has 4 heterocycles. The van der Waals surface area contributed by atoms with Crippen LogP contribution in [-0.4, -0.2) is 64.4 Å². The van der Waals surface area contributed by atoms with Gasteiger partial charge in [0, 0.05) is 18.1 Å². The molecule has 3 aliphatic rings. The van der Waals surface area contributed by atoms with E-state index in [0.717, 1.165) is 26.7 Å². The Morgan fingerprint density at radius 3 is 2.80 bits per heavy atom. The fourth-order valence-electron chi connectivity index (χ4n) is 6.19. The van der Waals surface area contributed by atoms with Crippen LogP contribution in [0.2, 0.25) is 0 Å². The molecule has 11 heteroatoms. The van der Waals surface area contributed by atoms with Crippen LogP contribution in [-0.2, 0) is 38.6 Å². The molecule has 2 fully saturated rings. The maximum absolute atomic E-state index is 13.8. The first-order chi connectivity index (χ1) is 21.3. The molecule has 7 rings (SSSR count). The van der Waals surface area contributed by atoms with Crippen molar-refractivity contribution in [3.63, 3.8) is 0 Å². The lowest BCUT2D eigenvalue weighted by molar-refractivity contribution is -0.202. The Kier molecular flexibility index (Phi) is 7.84. The van der Waals surface area contributed by atoms with Crippen molar-refractivity contribution in [2.45, 2.75) is 63.9 Å². The molecule has 228 valence electrons. The molecule has 0 unspecified atom stereocenters. The number of imidazole rings is 1. The summed E-state index contributed by atoms with van der Waals surface area (Å²) in [4.78, 5) is 15.8. The highest BCUT2D eigenvalue weighted by Crippen LogP contribution is 2.44. The molecule has 3 aromatic carbocycles. The van der Waals surface area contributed by atoms with Gasteiger partial charge in [-0.1, -0.05) is 48.5 Å². The van der Waals surface area contributed by atoms with E-state index in [9.17, 15) is 4.39 Å². The summed E-state index contributed by atoms with van der Waals surface area (Å²) in [6, 6.07) is 19.0. The highest BCUT2D eigenvalue weighted by Gasteiger charge is 2.56. The Morgan fingerprint density at radius 1 is 1.09 bits per heavy atom. The molecule has 0 N–H and O–H groups in total. The molecule has 44 heavy (non-hydrogen) atoms. The van der Waals surface area contributed by atoms with Crippen LogP contribution in [0.4, 0.5) is 4.39 Å². The molecule has 9 nitrogen and oxygen atoms in total. The normalized spacial score (nSPS) is 23.8. The van der Waals surface area contributed by atoms with Crippen molar-refractivity contribution < 1.29 is 23.3 Å². The van der Waals surface area contributed by atoms with Crippen molar-refractivity contribution in [2.24, 2.45) is 9.98 Å². The fraction of sp³-hybridized carbons (Fsp3) is 0.364. The number of amidine groups is 1. The van der Waals surface area contributed by atoms with E-state index in [1.165, 1.54) is 17.5 Å². The first-order valence-electron chi connectivity index (χ1n) is 14.6. The number of hydrogen-bond donors (Lipinski definition) is 0. The summed E-state index contributed by atoms with van der Waals surface area (Å²) in [5, 5.41) is 2.32. The van der Waals surface area contributed by atoms with Crippen LogP contribution in [0.5, 0.6) is 0 Å². The van der Waals surface area contributed by atoms with Gasteiger partial charge in [0.1, 0.15) is 36.2 Å². The molecule has 1 aromatic heterocycles. The summed E-state index contributed by atoms with van der Waals surface area (Å²) in [6.45, 7) is 5.40. The van der Waals surface area contributed by atoms with Crippen molar-refractivity contribution >= 4 is 38.9 Å². The van der Waals surface area contributed by atoms with Gasteiger partial charge in [-0.15, -0.1) is 0 Å². The zero-order chi connectivity index (χ0) is 30.4. The van der Waals surface area contributed by atoms with Crippen molar-refractivity contribution in [1.82, 2.24) is 14.5 Å². The van der Waals surface area contributed by atoms with Crippen molar-refractivity contribution in [1.29, 1.82) is 0 Å². The minimum Gasteiger partial charge on any atom is -0.374 e. The van der Waals surface area contributed by atoms with Crippen LogP contribution in [0, 0.1) is 5.82 Å². The average molecular weight is 663 g/mol. The van der Waals surface area contributed by atoms with Gasteiger partial charge >= 0.3 is 0 Å². The third-order valence-electron chi connectivity index (χ3n) is 8.16. The minimum atomic E-state index is -0.773. The van der Waals surface area contributed by atoms with Crippen molar-refractivity contribution in [3.05, 3.63) is 99.8 Å². The van der Waals surface area contributed by atoms with Gasteiger partial charge < -0.3 is 28.4 Å². The smallest absolute Gasteiger partial charge is 0.164 e. The van der Waals surface area contributed by atoms with Gasteiger partial charge in [0.2, 0.25) is 0 Å². The fourth-order valence-corrected chi connectivity index (χ4v) is 6.80. The molecule has 0 radical (unpaired) electrons. The Balaban J connectivity index is 1.10. The summed E-state index contributed by atoms with van der Waals surface area (Å²) < 4.78 is 42.4. The van der Waals surface area contributed by atoms with E-state index in [4.69, 9.17) is 23.9 Å². The second-order valence-electron chi connectivity index (χ2n) is 11.7. The van der Waals surface area contributed by atoms with E-state index in [2.05, 4.69) is 50.2 Å². The summed E-state index contributed by atoms with van der Waals surface area (Å²) in [5.41, 5.74) is 3.44. The zero-order valence-corrected chi connectivity index (χ0v) is 26.3. The summed E-state index contributed by atoms with van der Waals surface area (Å²) in [6.07, 6.45) is 1.74. The zero-order valence-electron chi connectivity index (χ0n) is 24.7. The first-order valence-corrected chi connectivity index (χ1v) is 15.4. The second-order valence-corrected chi connectivity index (χ2v) is 12.5. The number of rotatable bonds is 7. The molecule has 4 aromatic rings. The SMILES string of the molecule is CN(Cc1cccc(F)c1)C1=NC=NCc2c1ncn2[C@@H]1O[C@H](COCc2ccc3ccccc3c2Br)[C@H]2OC(C)(C)O[C@H]21. The Morgan fingerprint density at radius 2 is 1.93 bits per heavy atom. The van der Waals surface area contributed by atoms with E-state index in [0.29, 0.717) is 37.8 Å². The molecule has 0 aliphatic carbocycles. The Bertz CT molecular complexity index is 1760. The van der Waals surface area contributed by atoms with Crippen LogP contribution in [0.15, 0.2) is 81.4 Å². The molecule has 0 amide bonds. The van der Waals surface area contributed by atoms with E-state index in [1.54, 1.807) is 18.7 Å². The van der Waals surface area contributed by atoms with Gasteiger partial charge in [-0.3, -0.25) is 4.99 Å². The highest BCUT2D eigenvalue weighted by atomic mass is 79.9. The van der Waals surface area contributed by atoms with Gasteiger partial charge in [-0.25, -0.2) is 14.4 Å². The number of ether oxygens (including phenoxy) is 4. The number of hydrogen-bond acceptors (Lipinski definition) is 8. The molecular weight excluding hydrogens is 629 g/mol. The third kappa shape index (κ3) is 5.59. The number of fused-ring (bicyclic) bond motifs is 3. The topological polar surface area (TPSA) is 82.7 Å². The Labute approximate surface area is 263 Å². The van der Waals surface area contributed by atoms with E-state index in [1.807, 2.05) is 48.6 Å². The van der Waals surface area contributed by atoms with E-state index in [-0.39, 0.29) is 24.1 Å². The average Bonchev–Trinajstić information content (AvgIpc) is 3.59. The molecule has 0 bridgehead atoms. The quantitative estimate of drug-likeness (QED) is 0.242. The van der Waals surface area contributed by atoms with Crippen LogP contribution in [0.25, 0.3) is 10.8 Å². The molecule has 2 saturated heterocycles. The highest BCUT2D eigenvalue weighted by molar-refractivity contribution is 9.10. The number of halogens is 2. The molecule has 0 spiro atoms. The van der Waals surface area contributed by atoms with Crippen molar-refractivity contribution in [3.8, 4) is 0 Å². The van der Waals surface area contributed by atoms with Crippen LogP contribution in [0.3, 0.4) is 0 Å². The summed E-state index contributed by atoms with van der Waals surface area (Å²) in [5.74, 6) is -0.406. The van der Waals surface area contributed by atoms with Gasteiger partial charge in [-0.2, -0.15) is 0 Å². The van der Waals surface area contributed by atoms with Crippen LogP contribution in [0.1, 0.15) is 42.6 Å². The number of benzene rings is 3. The molecule has 4 atom stereocenters. The van der Waals surface area contributed by atoms with Crippen LogP contribution < -0.4 is 0 Å². The Hall–Kier alpha value is -3.48. The lowest BCUT2D eigenvalue weighted by atomic mass is 10.1. The van der Waals surface area contributed by atoms with Crippen molar-refractivity contribution in [2.75, 3.05) is 13.7 Å². The molecule has 3 aliphatic heterocycles. The first kappa shape index (κ1) is 29.2. The predicted octanol–water partition coefficient (Wildman–Crippen LogP) is 5.99. The maximum Gasteiger partial charge on any atom is 0.164 e. The van der Waals surface area contributed by atoms with Gasteiger partial charge in [0.05, 0.1) is 31.8 Å². The van der Waals surface area contributed by atoms with Gasteiger partial charge in [0.25, 0.3) is 0 Å². The van der Waals surface area contributed by atoms with Crippen LogP contribution >= 0.6 is 15.9 Å². The minimum absolute atomic E-state index is 0.275. The van der Waals surface area contributed by atoms with Gasteiger partial charge in [-0.05, 0) is 63.8 Å². The number of aromatic nitrogens is 2. The monoisotopic (exact) mass is 661 g/mol. The summed E-state index contributed by atoms with van der Waals surface area (Å²) in [7, 11) is 1.91. The largest absolute Gasteiger partial charge is 0.374 e. The lowest BCUT2D eigenvalue weighted by Crippen LogP contribution is -2.32. The van der Waals surface area contributed by atoms with Gasteiger partial charge in [0.15, 0.2) is 17.9 Å². The summed E-state index contributed by atoms with van der Waals surface area (Å²) >= 11 is 3.76. The molecule has 0 saturated carbocycles. The predicted molar refractivity (Wildman–Crippen MR) is 168 cm³/mol. The standard InChI is InChI=1S/C33H33BrFN5O4/c1-33(2)43-29-26(17-41-16-22-12-11-21-8-4-5-10-24(21)27(22)34)42-32(30(29)44-33)40-19-38-28-25(40)14-36-18-37-31(28)39(3)15-20-7-6-9-23(35)13-20/h4-13,18-19,26,29-30,32H,14-17H2,1-3H3/t26-,29-,30-,32-/m1/s1. The lowest BCUT2D eigenvalue weighted by Gasteiger charge is -2.25. The van der Waals surface area contributed by atoms with E-state index < -0.39 is 12.0 Å². The second kappa shape index (κ2) is 11.8.